The number of carbonyl (C=O) groups is 2. The van der Waals surface area contributed by atoms with Gasteiger partial charge in [-0.15, -0.1) is 0 Å². The summed E-state index contributed by atoms with van der Waals surface area (Å²) in [6, 6.07) is 29.2. The van der Waals surface area contributed by atoms with E-state index in [1.807, 2.05) is 43.5 Å². The van der Waals surface area contributed by atoms with E-state index in [1.54, 1.807) is 12.4 Å². The van der Waals surface area contributed by atoms with Crippen LogP contribution in [0.4, 0.5) is 0 Å². The number of likely N-dealkylation sites (tertiary alicyclic amines) is 2. The topological polar surface area (TPSA) is 66.4 Å². The molecule has 6 nitrogen and oxygen atoms in total. The zero-order valence-corrected chi connectivity index (χ0v) is 27.0. The van der Waals surface area contributed by atoms with Crippen molar-refractivity contribution in [1.29, 1.82) is 0 Å². The molecule has 0 bridgehead atoms. The largest absolute Gasteiger partial charge is 0.303 e. The molecular weight excluding hydrogens is 568 g/mol. The van der Waals surface area contributed by atoms with Gasteiger partial charge in [0.15, 0.2) is 0 Å². The molecule has 4 heterocycles. The molecule has 46 heavy (non-hydrogen) atoms. The fourth-order valence-corrected chi connectivity index (χ4v) is 8.51. The van der Waals surface area contributed by atoms with Gasteiger partial charge in [0.1, 0.15) is 0 Å². The van der Waals surface area contributed by atoms with Gasteiger partial charge in [0.25, 0.3) is 0 Å². The predicted molar refractivity (Wildman–Crippen MR) is 180 cm³/mol. The second-order valence-corrected chi connectivity index (χ2v) is 14.0. The number of aryl methyl sites for hydroxylation is 2. The molecule has 4 aliphatic rings. The number of amides is 2. The van der Waals surface area contributed by atoms with E-state index in [-0.39, 0.29) is 29.1 Å². The van der Waals surface area contributed by atoms with E-state index in [2.05, 4.69) is 82.6 Å². The quantitative estimate of drug-likeness (QED) is 0.202. The van der Waals surface area contributed by atoms with E-state index >= 15 is 0 Å². The Balaban J connectivity index is 0.000000147. The molecule has 4 atom stereocenters. The van der Waals surface area contributed by atoms with Crippen molar-refractivity contribution < 1.29 is 9.59 Å². The normalized spacial score (nSPS) is 29.1. The molecule has 0 spiro atoms. The molecule has 4 fully saturated rings. The van der Waals surface area contributed by atoms with Gasteiger partial charge in [0.05, 0.1) is 11.8 Å². The minimum absolute atomic E-state index is 0.00980. The summed E-state index contributed by atoms with van der Waals surface area (Å²) in [6.45, 7) is 8.74. The molecule has 0 N–H and O–H groups in total. The van der Waals surface area contributed by atoms with Gasteiger partial charge in [-0.05, 0) is 78.5 Å². The second-order valence-electron chi connectivity index (χ2n) is 14.0. The Morgan fingerprint density at radius 3 is 1.59 bits per heavy atom. The van der Waals surface area contributed by atoms with Crippen LogP contribution in [0.1, 0.15) is 48.9 Å². The number of rotatable bonds is 10. The van der Waals surface area contributed by atoms with Crippen molar-refractivity contribution in [2.75, 3.05) is 26.2 Å². The number of hydrogen-bond acceptors (Lipinski definition) is 5. The highest BCUT2D eigenvalue weighted by Crippen LogP contribution is 2.64. The van der Waals surface area contributed by atoms with Crippen molar-refractivity contribution in [3.63, 3.8) is 0 Å². The number of fused-ring (bicyclic) bond motifs is 2. The highest BCUT2D eigenvalue weighted by molar-refractivity contribution is 6.11. The summed E-state index contributed by atoms with van der Waals surface area (Å²) >= 11 is 0. The Kier molecular flexibility index (Phi) is 8.33. The van der Waals surface area contributed by atoms with E-state index in [0.29, 0.717) is 12.0 Å². The summed E-state index contributed by atoms with van der Waals surface area (Å²) in [5, 5.41) is 0. The first-order valence-corrected chi connectivity index (χ1v) is 16.9. The maximum absolute atomic E-state index is 12.7. The van der Waals surface area contributed by atoms with Crippen LogP contribution in [0, 0.1) is 23.7 Å². The lowest BCUT2D eigenvalue weighted by Gasteiger charge is -2.24. The van der Waals surface area contributed by atoms with E-state index in [0.717, 1.165) is 30.2 Å². The Morgan fingerprint density at radius 2 is 1.11 bits per heavy atom. The first-order valence-electron chi connectivity index (χ1n) is 16.9. The first kappa shape index (κ1) is 30.5. The van der Waals surface area contributed by atoms with E-state index in [1.165, 1.54) is 54.1 Å². The molecule has 4 unspecified atom stereocenters. The molecule has 2 saturated heterocycles. The molecule has 2 amide bonds. The van der Waals surface area contributed by atoms with Crippen LogP contribution >= 0.6 is 0 Å². The van der Waals surface area contributed by atoms with Crippen molar-refractivity contribution in [3.05, 3.63) is 132 Å². The summed E-state index contributed by atoms with van der Waals surface area (Å²) in [5.41, 5.74) is 5.16. The average Bonchev–Trinajstić information content (AvgIpc) is 3.74. The van der Waals surface area contributed by atoms with Crippen molar-refractivity contribution >= 4 is 11.8 Å². The van der Waals surface area contributed by atoms with Crippen LogP contribution in [0.5, 0.6) is 0 Å². The third kappa shape index (κ3) is 5.57. The van der Waals surface area contributed by atoms with Gasteiger partial charge < -0.3 is 4.90 Å². The Labute approximate surface area is 272 Å². The molecule has 2 aromatic heterocycles. The van der Waals surface area contributed by atoms with Crippen LogP contribution < -0.4 is 0 Å². The van der Waals surface area contributed by atoms with Gasteiger partial charge >= 0.3 is 0 Å². The maximum Gasteiger partial charge on any atom is 0.234 e. The van der Waals surface area contributed by atoms with E-state index in [4.69, 9.17) is 0 Å². The average molecular weight is 613 g/mol. The lowest BCUT2D eigenvalue weighted by Crippen LogP contribution is -2.38. The van der Waals surface area contributed by atoms with Gasteiger partial charge in [-0.25, -0.2) is 0 Å². The molecule has 2 aliphatic heterocycles. The number of imide groups is 1. The Bertz CT molecular complexity index is 1610. The summed E-state index contributed by atoms with van der Waals surface area (Å²) in [6.07, 6.45) is 11.6. The lowest BCUT2D eigenvalue weighted by atomic mass is 9.93. The van der Waals surface area contributed by atoms with Gasteiger partial charge in [-0.2, -0.15) is 0 Å². The minimum Gasteiger partial charge on any atom is -0.303 e. The summed E-state index contributed by atoms with van der Waals surface area (Å²) in [4.78, 5) is 37.9. The zero-order chi connectivity index (χ0) is 31.7. The third-order valence-electron chi connectivity index (χ3n) is 11.4. The summed E-state index contributed by atoms with van der Waals surface area (Å²) < 4.78 is 0. The van der Waals surface area contributed by atoms with Crippen LogP contribution in [0.25, 0.3) is 0 Å². The molecule has 6 heteroatoms. The standard InChI is InChI=1S/C20H20N2O2.C20H24N2/c1-20(15-10-5-11-21-13-15)16-17(20)19(24)22(18(16)23)12-6-9-14-7-3-2-4-8-14;1-20(17-10-5-11-21-13-17)18-14-22(15-19(18)20)12-6-9-16-7-3-2-4-8-16/h2-5,7-8,10-11,13,16-17H,6,9,12H2,1H3;2-5,7-8,10-11,13,18-19H,6,9,12,14-15H2,1H3. The van der Waals surface area contributed by atoms with Crippen molar-refractivity contribution in [3.8, 4) is 0 Å². The van der Waals surface area contributed by atoms with Crippen LogP contribution in [-0.2, 0) is 33.3 Å². The molecule has 8 rings (SSSR count). The molecule has 4 aromatic rings. The molecular formula is C40H44N4O2. The van der Waals surface area contributed by atoms with Crippen LogP contribution in [0.15, 0.2) is 110 Å². The van der Waals surface area contributed by atoms with Crippen LogP contribution in [0.2, 0.25) is 0 Å². The highest BCUT2D eigenvalue weighted by atomic mass is 16.2. The number of hydrogen-bond donors (Lipinski definition) is 0. The number of aromatic nitrogens is 2. The van der Waals surface area contributed by atoms with Gasteiger partial charge in [0.2, 0.25) is 11.8 Å². The van der Waals surface area contributed by atoms with Crippen molar-refractivity contribution in [2.45, 2.75) is 50.4 Å². The second kappa shape index (κ2) is 12.6. The van der Waals surface area contributed by atoms with Crippen LogP contribution in [-0.4, -0.2) is 57.8 Å². The van der Waals surface area contributed by atoms with Gasteiger partial charge in [-0.3, -0.25) is 24.5 Å². The number of nitrogens with zero attached hydrogens (tertiary/aromatic N) is 4. The first-order chi connectivity index (χ1) is 22.4. The lowest BCUT2D eigenvalue weighted by molar-refractivity contribution is -0.142. The third-order valence-corrected chi connectivity index (χ3v) is 11.4. The van der Waals surface area contributed by atoms with Crippen molar-refractivity contribution in [1.82, 2.24) is 19.8 Å². The van der Waals surface area contributed by atoms with Crippen LogP contribution in [0.3, 0.4) is 0 Å². The summed E-state index contributed by atoms with van der Waals surface area (Å²) in [5.74, 6) is 1.26. The van der Waals surface area contributed by atoms with E-state index < -0.39 is 0 Å². The predicted octanol–water partition coefficient (Wildman–Crippen LogP) is 6.12. The van der Waals surface area contributed by atoms with E-state index in [9.17, 15) is 9.59 Å². The minimum atomic E-state index is -0.363. The molecule has 236 valence electrons. The number of piperidine rings is 2. The monoisotopic (exact) mass is 612 g/mol. The number of benzene rings is 2. The van der Waals surface area contributed by atoms with Crippen molar-refractivity contribution in [2.24, 2.45) is 23.7 Å². The molecule has 2 aliphatic carbocycles. The Hall–Kier alpha value is -4.16. The van der Waals surface area contributed by atoms with Gasteiger partial charge in [-0.1, -0.05) is 86.6 Å². The number of pyridine rings is 2. The zero-order valence-electron chi connectivity index (χ0n) is 27.0. The fraction of sp³-hybridized carbons (Fsp3) is 0.400. The molecule has 2 aromatic carbocycles. The smallest absolute Gasteiger partial charge is 0.234 e. The number of carbonyl (C=O) groups excluding carboxylic acids is 2. The fourth-order valence-electron chi connectivity index (χ4n) is 8.51. The molecule has 0 radical (unpaired) electrons. The highest BCUT2D eigenvalue weighted by Gasteiger charge is 2.75. The maximum atomic E-state index is 12.7. The SMILES string of the molecule is CC1(c2cccnc2)C2C(=O)N(CCCc3ccccc3)C(=O)C21.CC1(c2cccnc2)C2CN(CCCc3ccccc3)CC21. The van der Waals surface area contributed by atoms with Gasteiger partial charge in [0, 0.05) is 55.3 Å². The Morgan fingerprint density at radius 1 is 0.630 bits per heavy atom. The summed E-state index contributed by atoms with van der Waals surface area (Å²) in [7, 11) is 0. The molecule has 2 saturated carbocycles.